The molecule has 0 bridgehead atoms. The summed E-state index contributed by atoms with van der Waals surface area (Å²) in [5.41, 5.74) is 0. The predicted octanol–water partition coefficient (Wildman–Crippen LogP) is 0.434. The Hall–Kier alpha value is -1.38. The van der Waals surface area contributed by atoms with E-state index < -0.39 is 0 Å². The molecular weight excluding hydrogens is 142 g/mol. The lowest BCUT2D eigenvalue weighted by Gasteiger charge is -1.97. The van der Waals surface area contributed by atoms with Gasteiger partial charge in [-0.1, -0.05) is 12.7 Å². The third-order valence-electron chi connectivity index (χ3n) is 1.02. The number of allylic oxidation sites excluding steroid dienone is 1. The molecular formula is C8H11NO2. The van der Waals surface area contributed by atoms with Gasteiger partial charge in [-0.2, -0.15) is 0 Å². The zero-order chi connectivity index (χ0) is 8.69. The topological polar surface area (TPSA) is 46.2 Å². The third-order valence-corrected chi connectivity index (χ3v) is 1.02. The largest absolute Gasteiger partial charge is 0.345 e. The van der Waals surface area contributed by atoms with Crippen molar-refractivity contribution >= 4 is 11.7 Å². The molecule has 0 rings (SSSR count). The van der Waals surface area contributed by atoms with Crippen molar-refractivity contribution in [3.05, 3.63) is 25.3 Å². The molecule has 0 aromatic rings. The Kier molecular flexibility index (Phi) is 4.73. The van der Waals surface area contributed by atoms with Gasteiger partial charge in [0.25, 0.3) is 0 Å². The molecule has 0 atom stereocenters. The van der Waals surface area contributed by atoms with Crippen molar-refractivity contribution < 1.29 is 9.59 Å². The average molecular weight is 153 g/mol. The van der Waals surface area contributed by atoms with Crippen LogP contribution in [-0.2, 0) is 9.59 Å². The van der Waals surface area contributed by atoms with Crippen molar-refractivity contribution in [1.82, 2.24) is 5.32 Å². The van der Waals surface area contributed by atoms with Crippen LogP contribution in [-0.4, -0.2) is 18.2 Å². The van der Waals surface area contributed by atoms with Gasteiger partial charge in [0.05, 0.1) is 6.54 Å². The maximum Gasteiger partial charge on any atom is 0.243 e. The van der Waals surface area contributed by atoms with Crippen LogP contribution in [0.25, 0.3) is 0 Å². The maximum atomic E-state index is 10.7. The minimum atomic E-state index is -0.331. The van der Waals surface area contributed by atoms with E-state index in [0.717, 1.165) is 6.08 Å². The van der Waals surface area contributed by atoms with E-state index in [1.165, 1.54) is 6.08 Å². The van der Waals surface area contributed by atoms with Crippen molar-refractivity contribution in [3.8, 4) is 0 Å². The van der Waals surface area contributed by atoms with Crippen molar-refractivity contribution in [2.75, 3.05) is 6.54 Å². The highest BCUT2D eigenvalue weighted by molar-refractivity contribution is 5.91. The first-order chi connectivity index (χ1) is 5.20. The van der Waals surface area contributed by atoms with E-state index in [2.05, 4.69) is 18.5 Å². The van der Waals surface area contributed by atoms with Gasteiger partial charge in [0.15, 0.2) is 5.78 Å². The predicted molar refractivity (Wildman–Crippen MR) is 43.0 cm³/mol. The number of hydrogen-bond donors (Lipinski definition) is 1. The number of carbonyl (C=O) groups excluding carboxylic acids is 2. The summed E-state index contributed by atoms with van der Waals surface area (Å²) in [6.07, 6.45) is 2.92. The summed E-state index contributed by atoms with van der Waals surface area (Å²) in [7, 11) is 0. The van der Waals surface area contributed by atoms with Gasteiger partial charge >= 0.3 is 0 Å². The highest BCUT2D eigenvalue weighted by Gasteiger charge is 1.99. The van der Waals surface area contributed by atoms with Crippen LogP contribution >= 0.6 is 0 Å². The fraction of sp³-hybridized carbons (Fsp3) is 0.250. The standard InChI is InChI=1S/C8H11NO2/c1-3-5-7(10)6-9-8(11)4-2/h3-4H,1-2,5-6H2,(H,9,11). The molecule has 0 aromatic carbocycles. The molecule has 1 amide bonds. The van der Waals surface area contributed by atoms with E-state index in [1.54, 1.807) is 0 Å². The first-order valence-electron chi connectivity index (χ1n) is 3.23. The van der Waals surface area contributed by atoms with Crippen LogP contribution in [0, 0.1) is 0 Å². The Bertz CT molecular complexity index is 185. The van der Waals surface area contributed by atoms with Crippen LogP contribution in [0.2, 0.25) is 0 Å². The number of rotatable bonds is 5. The molecule has 0 aliphatic rings. The lowest BCUT2D eigenvalue weighted by molar-refractivity contribution is -0.122. The van der Waals surface area contributed by atoms with E-state index in [0.29, 0.717) is 0 Å². The SMILES string of the molecule is C=CCC(=O)CNC(=O)C=C. The summed E-state index contributed by atoms with van der Waals surface area (Å²) in [5, 5.41) is 2.36. The zero-order valence-corrected chi connectivity index (χ0v) is 6.30. The van der Waals surface area contributed by atoms with E-state index >= 15 is 0 Å². The summed E-state index contributed by atoms with van der Waals surface area (Å²) in [4.78, 5) is 21.3. The second-order valence-corrected chi connectivity index (χ2v) is 1.95. The summed E-state index contributed by atoms with van der Waals surface area (Å²) in [6, 6.07) is 0. The monoisotopic (exact) mass is 153 g/mol. The van der Waals surface area contributed by atoms with Crippen LogP contribution in [0.3, 0.4) is 0 Å². The van der Waals surface area contributed by atoms with Gasteiger partial charge in [0.1, 0.15) is 0 Å². The molecule has 11 heavy (non-hydrogen) atoms. The molecule has 0 saturated carbocycles. The second kappa shape index (κ2) is 5.41. The lowest BCUT2D eigenvalue weighted by Crippen LogP contribution is -2.27. The number of carbonyl (C=O) groups is 2. The van der Waals surface area contributed by atoms with Gasteiger partial charge in [-0.3, -0.25) is 9.59 Å². The van der Waals surface area contributed by atoms with Gasteiger partial charge in [-0.05, 0) is 6.08 Å². The van der Waals surface area contributed by atoms with Crippen molar-refractivity contribution in [2.45, 2.75) is 6.42 Å². The molecule has 0 aromatic heterocycles. The van der Waals surface area contributed by atoms with Crippen LogP contribution in [0.1, 0.15) is 6.42 Å². The number of amides is 1. The zero-order valence-electron chi connectivity index (χ0n) is 6.30. The van der Waals surface area contributed by atoms with Crippen LogP contribution in [0.5, 0.6) is 0 Å². The van der Waals surface area contributed by atoms with Crippen molar-refractivity contribution in [1.29, 1.82) is 0 Å². The molecule has 0 aliphatic heterocycles. The fourth-order valence-electron chi connectivity index (χ4n) is 0.491. The first-order valence-corrected chi connectivity index (χ1v) is 3.23. The summed E-state index contributed by atoms with van der Waals surface area (Å²) in [5.74, 6) is -0.391. The van der Waals surface area contributed by atoms with E-state index in [-0.39, 0.29) is 24.7 Å². The highest BCUT2D eigenvalue weighted by atomic mass is 16.2. The van der Waals surface area contributed by atoms with E-state index in [4.69, 9.17) is 0 Å². The number of nitrogens with one attached hydrogen (secondary N) is 1. The molecule has 3 heteroatoms. The van der Waals surface area contributed by atoms with Gasteiger partial charge in [-0.15, -0.1) is 6.58 Å². The van der Waals surface area contributed by atoms with Crippen molar-refractivity contribution in [3.63, 3.8) is 0 Å². The van der Waals surface area contributed by atoms with Crippen LogP contribution in [0.4, 0.5) is 0 Å². The molecule has 3 nitrogen and oxygen atoms in total. The molecule has 0 radical (unpaired) electrons. The minimum Gasteiger partial charge on any atom is -0.345 e. The van der Waals surface area contributed by atoms with Crippen molar-refractivity contribution in [2.24, 2.45) is 0 Å². The molecule has 0 saturated heterocycles. The Balaban J connectivity index is 3.53. The Morgan fingerprint density at radius 3 is 2.45 bits per heavy atom. The normalized spacial score (nSPS) is 8.36. The summed E-state index contributed by atoms with van der Waals surface area (Å²) >= 11 is 0. The number of ketones is 1. The molecule has 0 heterocycles. The Morgan fingerprint density at radius 2 is 2.00 bits per heavy atom. The molecule has 0 unspecified atom stereocenters. The maximum absolute atomic E-state index is 10.7. The summed E-state index contributed by atoms with van der Waals surface area (Å²) in [6.45, 7) is 6.69. The average Bonchev–Trinajstić information content (AvgIpc) is 2.01. The number of Topliss-reactive ketones (excluding diaryl/α,β-unsaturated/α-hetero) is 1. The quantitative estimate of drug-likeness (QED) is 0.460. The van der Waals surface area contributed by atoms with Crippen LogP contribution in [0.15, 0.2) is 25.3 Å². The van der Waals surface area contributed by atoms with Crippen LogP contribution < -0.4 is 5.32 Å². The van der Waals surface area contributed by atoms with Gasteiger partial charge < -0.3 is 5.32 Å². The number of hydrogen-bond acceptors (Lipinski definition) is 2. The molecule has 1 N–H and O–H groups in total. The lowest BCUT2D eigenvalue weighted by atomic mass is 10.3. The van der Waals surface area contributed by atoms with E-state index in [9.17, 15) is 9.59 Å². The molecule has 0 spiro atoms. The van der Waals surface area contributed by atoms with Gasteiger partial charge in [0.2, 0.25) is 5.91 Å². The smallest absolute Gasteiger partial charge is 0.243 e. The Morgan fingerprint density at radius 1 is 1.36 bits per heavy atom. The third kappa shape index (κ3) is 5.08. The first kappa shape index (κ1) is 9.62. The highest BCUT2D eigenvalue weighted by Crippen LogP contribution is 1.81. The minimum absolute atomic E-state index is 0.0525. The fourth-order valence-corrected chi connectivity index (χ4v) is 0.491. The molecule has 60 valence electrons. The van der Waals surface area contributed by atoms with E-state index in [1.807, 2.05) is 0 Å². The second-order valence-electron chi connectivity index (χ2n) is 1.95. The summed E-state index contributed by atoms with van der Waals surface area (Å²) < 4.78 is 0. The molecule has 0 aliphatic carbocycles. The molecule has 0 fully saturated rings. The van der Waals surface area contributed by atoms with Gasteiger partial charge in [0, 0.05) is 6.42 Å². The Labute approximate surface area is 65.8 Å². The van der Waals surface area contributed by atoms with Gasteiger partial charge in [-0.25, -0.2) is 0 Å².